The summed E-state index contributed by atoms with van der Waals surface area (Å²) in [4.78, 5) is 25.2. The maximum atomic E-state index is 12.8. The zero-order valence-electron chi connectivity index (χ0n) is 39.1. The highest BCUT2D eigenvalue weighted by Crippen LogP contribution is 2.38. The molecule has 0 spiro atoms. The Labute approximate surface area is 374 Å². The van der Waals surface area contributed by atoms with Crippen LogP contribution in [0.1, 0.15) is 149 Å². The van der Waals surface area contributed by atoms with Gasteiger partial charge in [0.05, 0.1) is 39.9 Å². The molecule has 346 valence electrons. The van der Waals surface area contributed by atoms with E-state index >= 15 is 0 Å². The SMILES string of the molecule is CC/C=C\C/C=C\C/C=C\C/C=C\C/C=C\C/C=C\C/C=C\C/C=C\C/C=C\CCCCCC(=O)NC(COP(=O)([O-])OCC[N+](C)(C)C)C(O)/C=C/CCCCCCCC. The van der Waals surface area contributed by atoms with Gasteiger partial charge < -0.3 is 28.8 Å². The van der Waals surface area contributed by atoms with Crippen molar-refractivity contribution in [1.82, 2.24) is 5.32 Å². The summed E-state index contributed by atoms with van der Waals surface area (Å²) in [6, 6.07) is -0.911. The molecule has 0 saturated carbocycles. The number of rotatable bonds is 40. The molecule has 0 radical (unpaired) electrons. The number of phosphoric ester groups is 1. The van der Waals surface area contributed by atoms with Crippen LogP contribution in [-0.2, 0) is 18.4 Å². The number of hydrogen-bond acceptors (Lipinski definition) is 6. The van der Waals surface area contributed by atoms with Gasteiger partial charge in [0.25, 0.3) is 7.82 Å². The number of allylic oxidation sites excluding steroid dienone is 19. The first-order valence-electron chi connectivity index (χ1n) is 23.4. The second-order valence-corrected chi connectivity index (χ2v) is 17.8. The van der Waals surface area contributed by atoms with E-state index in [9.17, 15) is 19.4 Å². The van der Waals surface area contributed by atoms with Crippen molar-refractivity contribution in [3.8, 4) is 0 Å². The van der Waals surface area contributed by atoms with Crippen LogP contribution in [0.25, 0.3) is 0 Å². The first kappa shape index (κ1) is 57.9. The quantitative estimate of drug-likeness (QED) is 0.0275. The summed E-state index contributed by atoms with van der Waals surface area (Å²) < 4.78 is 23.1. The van der Waals surface area contributed by atoms with Crippen LogP contribution < -0.4 is 10.2 Å². The van der Waals surface area contributed by atoms with Gasteiger partial charge in [-0.1, -0.05) is 174 Å². The normalized spacial score (nSPS) is 15.3. The Kier molecular flexibility index (Phi) is 40.1. The molecule has 3 unspecified atom stereocenters. The van der Waals surface area contributed by atoms with Crippen LogP contribution in [0.15, 0.2) is 122 Å². The summed E-state index contributed by atoms with van der Waals surface area (Å²) in [5, 5.41) is 13.7. The third-order valence-electron chi connectivity index (χ3n) is 9.43. The van der Waals surface area contributed by atoms with Crippen molar-refractivity contribution in [1.29, 1.82) is 0 Å². The van der Waals surface area contributed by atoms with Crippen LogP contribution in [0.5, 0.6) is 0 Å². The molecule has 0 saturated heterocycles. The molecule has 9 heteroatoms. The van der Waals surface area contributed by atoms with E-state index in [0.29, 0.717) is 23.9 Å². The number of unbranched alkanes of at least 4 members (excludes halogenated alkanes) is 9. The smallest absolute Gasteiger partial charge is 0.268 e. The molecule has 0 fully saturated rings. The molecule has 61 heavy (non-hydrogen) atoms. The maximum Gasteiger partial charge on any atom is 0.268 e. The number of phosphoric acid groups is 1. The van der Waals surface area contributed by atoms with Crippen LogP contribution in [0.3, 0.4) is 0 Å². The molecule has 0 aliphatic rings. The predicted octanol–water partition coefficient (Wildman–Crippen LogP) is 12.8. The number of carbonyl (C=O) groups excluding carboxylic acids is 1. The van der Waals surface area contributed by atoms with Crippen molar-refractivity contribution in [2.75, 3.05) is 40.9 Å². The molecule has 0 rings (SSSR count). The van der Waals surface area contributed by atoms with Gasteiger partial charge in [-0.15, -0.1) is 0 Å². The Morgan fingerprint density at radius 2 is 1.00 bits per heavy atom. The van der Waals surface area contributed by atoms with Crippen LogP contribution >= 0.6 is 7.82 Å². The summed E-state index contributed by atoms with van der Waals surface area (Å²) in [5.41, 5.74) is 0. The van der Waals surface area contributed by atoms with E-state index in [0.717, 1.165) is 96.3 Å². The van der Waals surface area contributed by atoms with Crippen molar-refractivity contribution in [3.05, 3.63) is 122 Å². The summed E-state index contributed by atoms with van der Waals surface area (Å²) in [7, 11) is 1.21. The number of aliphatic hydroxyl groups excluding tert-OH is 1. The van der Waals surface area contributed by atoms with Gasteiger partial charge >= 0.3 is 0 Å². The van der Waals surface area contributed by atoms with E-state index in [4.69, 9.17) is 9.05 Å². The molecule has 0 aromatic carbocycles. The van der Waals surface area contributed by atoms with Crippen LogP contribution in [0, 0.1) is 0 Å². The van der Waals surface area contributed by atoms with Crippen molar-refractivity contribution < 1.29 is 32.9 Å². The van der Waals surface area contributed by atoms with Crippen molar-refractivity contribution in [2.45, 2.75) is 161 Å². The predicted molar refractivity (Wildman–Crippen MR) is 260 cm³/mol. The Balaban J connectivity index is 4.27. The van der Waals surface area contributed by atoms with E-state index in [2.05, 4.69) is 129 Å². The minimum Gasteiger partial charge on any atom is -0.756 e. The average molecular weight is 867 g/mol. The van der Waals surface area contributed by atoms with Crippen LogP contribution in [0.4, 0.5) is 0 Å². The molecule has 0 aromatic heterocycles. The summed E-state index contributed by atoms with van der Waals surface area (Å²) in [5.74, 6) is -0.240. The molecular weight excluding hydrogens is 780 g/mol. The highest BCUT2D eigenvalue weighted by atomic mass is 31.2. The Morgan fingerprint density at radius 1 is 0.590 bits per heavy atom. The van der Waals surface area contributed by atoms with Crippen LogP contribution in [-0.4, -0.2) is 68.5 Å². The third kappa shape index (κ3) is 44.8. The highest BCUT2D eigenvalue weighted by molar-refractivity contribution is 7.45. The molecule has 0 bridgehead atoms. The van der Waals surface area contributed by atoms with Gasteiger partial charge in [-0.05, 0) is 89.9 Å². The van der Waals surface area contributed by atoms with Crippen molar-refractivity contribution in [3.63, 3.8) is 0 Å². The monoisotopic (exact) mass is 867 g/mol. The lowest BCUT2D eigenvalue weighted by molar-refractivity contribution is -0.870. The number of nitrogens with zero attached hydrogens (tertiary/aromatic N) is 1. The first-order valence-corrected chi connectivity index (χ1v) is 24.9. The van der Waals surface area contributed by atoms with Gasteiger partial charge in [-0.2, -0.15) is 0 Å². The van der Waals surface area contributed by atoms with Crippen molar-refractivity contribution >= 4 is 13.7 Å². The van der Waals surface area contributed by atoms with Crippen molar-refractivity contribution in [2.24, 2.45) is 0 Å². The number of likely N-dealkylation sites (N-methyl/N-ethyl adjacent to an activating group) is 1. The van der Waals surface area contributed by atoms with Gasteiger partial charge in [-0.3, -0.25) is 9.36 Å². The fourth-order valence-corrected chi connectivity index (χ4v) is 6.45. The lowest BCUT2D eigenvalue weighted by atomic mass is 10.1. The Bertz CT molecular complexity index is 1400. The number of amides is 1. The third-order valence-corrected chi connectivity index (χ3v) is 10.4. The zero-order valence-corrected chi connectivity index (χ0v) is 39.9. The van der Waals surface area contributed by atoms with E-state index in [1.165, 1.54) is 25.7 Å². The first-order chi connectivity index (χ1) is 29.5. The van der Waals surface area contributed by atoms with E-state index in [-0.39, 0.29) is 12.5 Å². The van der Waals surface area contributed by atoms with Crippen LogP contribution in [0.2, 0.25) is 0 Å². The second kappa shape index (κ2) is 42.2. The van der Waals surface area contributed by atoms with Gasteiger partial charge in [0.2, 0.25) is 5.91 Å². The van der Waals surface area contributed by atoms with Gasteiger partial charge in [0.15, 0.2) is 0 Å². The molecule has 0 aliphatic carbocycles. The second-order valence-electron chi connectivity index (χ2n) is 16.4. The molecule has 2 N–H and O–H groups in total. The van der Waals surface area contributed by atoms with Gasteiger partial charge in [0.1, 0.15) is 13.2 Å². The van der Waals surface area contributed by atoms with E-state index in [1.54, 1.807) is 6.08 Å². The molecule has 1 amide bonds. The standard InChI is InChI=1S/C52H87N2O6P/c1-6-8-10-12-14-16-17-18-19-20-21-22-23-24-25-26-27-28-29-30-31-32-33-34-35-36-37-38-40-42-44-46-52(56)53-50(49-60-61(57,58)59-48-47-54(3,4)5)51(55)45-43-41-39-15-13-11-9-7-2/h8,10,14,16,18-19,21-22,24-25,27-28,30-31,33-34,36-37,43,45,50-51,55H,6-7,9,11-13,15,17,20,23,26,29,32,35,38-42,44,46-49H2,1-5H3,(H-,53,56,57,58)/b10-8-,16-14-,19-18-,22-21-,25-24-,28-27-,31-30-,34-33-,37-36-,45-43+. The topological polar surface area (TPSA) is 108 Å². The molecule has 3 atom stereocenters. The van der Waals surface area contributed by atoms with E-state index in [1.807, 2.05) is 27.2 Å². The summed E-state index contributed by atoms with van der Waals surface area (Å²) >= 11 is 0. The zero-order chi connectivity index (χ0) is 45.0. The maximum absolute atomic E-state index is 12.8. The summed E-state index contributed by atoms with van der Waals surface area (Å²) in [6.45, 7) is 4.42. The summed E-state index contributed by atoms with van der Waals surface area (Å²) in [6.07, 6.45) is 62.7. The number of nitrogens with one attached hydrogen (secondary N) is 1. The molecule has 8 nitrogen and oxygen atoms in total. The molecule has 0 aromatic rings. The van der Waals surface area contributed by atoms with E-state index < -0.39 is 26.6 Å². The number of aliphatic hydroxyl groups is 1. The number of quaternary nitrogens is 1. The number of carbonyl (C=O) groups is 1. The Hall–Kier alpha value is -3.10. The molecular formula is C52H87N2O6P. The lowest BCUT2D eigenvalue weighted by Crippen LogP contribution is -2.45. The minimum atomic E-state index is -4.60. The minimum absolute atomic E-state index is 0.0155. The fourth-order valence-electron chi connectivity index (χ4n) is 5.73. The molecule has 0 aliphatic heterocycles. The van der Waals surface area contributed by atoms with Gasteiger partial charge in [-0.25, -0.2) is 0 Å². The van der Waals surface area contributed by atoms with Gasteiger partial charge in [0, 0.05) is 6.42 Å². The fraction of sp³-hybridized carbons (Fsp3) is 0.596. The lowest BCUT2D eigenvalue weighted by Gasteiger charge is -2.29. The molecule has 0 heterocycles. The highest BCUT2D eigenvalue weighted by Gasteiger charge is 2.23. The number of hydrogen-bond donors (Lipinski definition) is 2. The average Bonchev–Trinajstić information content (AvgIpc) is 3.21. The largest absolute Gasteiger partial charge is 0.756 e. The Morgan fingerprint density at radius 3 is 1.46 bits per heavy atom.